The molecule has 0 heterocycles. The van der Waals surface area contributed by atoms with Crippen LogP contribution in [0.4, 0.5) is 0 Å². The van der Waals surface area contributed by atoms with Crippen LogP contribution in [0.2, 0.25) is 0 Å². The fourth-order valence-corrected chi connectivity index (χ4v) is 1.01. The molecule has 0 radical (unpaired) electrons. The van der Waals surface area contributed by atoms with Crippen LogP contribution in [0.25, 0.3) is 0 Å². The standard InChI is InChI=1S/C10H20O3/c1-6-7-12-9(11)10(4,5)13-8(2)3/h8H,6-7H2,1-5H3. The van der Waals surface area contributed by atoms with Crippen LogP contribution in [0.3, 0.4) is 0 Å². The van der Waals surface area contributed by atoms with Crippen molar-refractivity contribution in [1.82, 2.24) is 0 Å². The summed E-state index contributed by atoms with van der Waals surface area (Å²) in [6.45, 7) is 9.67. The fraction of sp³-hybridized carbons (Fsp3) is 0.900. The molecule has 0 saturated heterocycles. The molecular weight excluding hydrogens is 168 g/mol. The summed E-state index contributed by atoms with van der Waals surface area (Å²) in [6, 6.07) is 0. The SMILES string of the molecule is CCCOC(=O)C(C)(C)OC(C)C. The smallest absolute Gasteiger partial charge is 0.337 e. The monoisotopic (exact) mass is 188 g/mol. The van der Waals surface area contributed by atoms with Gasteiger partial charge in [0.25, 0.3) is 0 Å². The highest BCUT2D eigenvalue weighted by atomic mass is 16.6. The molecule has 0 aromatic heterocycles. The third-order valence-corrected chi connectivity index (χ3v) is 1.46. The van der Waals surface area contributed by atoms with E-state index in [1.165, 1.54) is 0 Å². The summed E-state index contributed by atoms with van der Waals surface area (Å²) in [6.07, 6.45) is 0.868. The molecule has 0 amide bonds. The van der Waals surface area contributed by atoms with E-state index in [2.05, 4.69) is 0 Å². The molecule has 0 aliphatic carbocycles. The molecule has 0 aliphatic heterocycles. The van der Waals surface area contributed by atoms with E-state index in [0.29, 0.717) is 6.61 Å². The number of hydrogen-bond donors (Lipinski definition) is 0. The van der Waals surface area contributed by atoms with Crippen molar-refractivity contribution < 1.29 is 14.3 Å². The maximum atomic E-state index is 11.4. The normalized spacial score (nSPS) is 11.8. The first kappa shape index (κ1) is 12.4. The highest BCUT2D eigenvalue weighted by Crippen LogP contribution is 2.14. The van der Waals surface area contributed by atoms with Gasteiger partial charge in [0.05, 0.1) is 12.7 Å². The van der Waals surface area contributed by atoms with Crippen molar-refractivity contribution in [3.05, 3.63) is 0 Å². The number of carbonyl (C=O) groups excluding carboxylic acids is 1. The van der Waals surface area contributed by atoms with E-state index < -0.39 is 5.60 Å². The zero-order valence-corrected chi connectivity index (χ0v) is 9.22. The summed E-state index contributed by atoms with van der Waals surface area (Å²) in [5, 5.41) is 0. The molecular formula is C10H20O3. The summed E-state index contributed by atoms with van der Waals surface area (Å²) >= 11 is 0. The zero-order chi connectivity index (χ0) is 10.5. The summed E-state index contributed by atoms with van der Waals surface area (Å²) in [7, 11) is 0. The molecule has 3 heteroatoms. The van der Waals surface area contributed by atoms with Gasteiger partial charge in [0.1, 0.15) is 0 Å². The second-order valence-electron chi connectivity index (χ2n) is 3.81. The molecule has 0 bridgehead atoms. The van der Waals surface area contributed by atoms with Gasteiger partial charge in [-0.25, -0.2) is 4.79 Å². The molecule has 0 unspecified atom stereocenters. The van der Waals surface area contributed by atoms with Gasteiger partial charge in [-0.3, -0.25) is 0 Å². The third-order valence-electron chi connectivity index (χ3n) is 1.46. The molecule has 13 heavy (non-hydrogen) atoms. The molecule has 0 aromatic rings. The van der Waals surface area contributed by atoms with Gasteiger partial charge in [-0.05, 0) is 34.1 Å². The lowest BCUT2D eigenvalue weighted by atomic mass is 10.1. The van der Waals surface area contributed by atoms with E-state index in [0.717, 1.165) is 6.42 Å². The lowest BCUT2D eigenvalue weighted by Gasteiger charge is -2.25. The van der Waals surface area contributed by atoms with Crippen LogP contribution in [0, 0.1) is 0 Å². The van der Waals surface area contributed by atoms with Crippen LogP contribution in [-0.4, -0.2) is 24.3 Å². The first-order valence-corrected chi connectivity index (χ1v) is 4.75. The Morgan fingerprint density at radius 1 is 1.38 bits per heavy atom. The Balaban J connectivity index is 4.03. The summed E-state index contributed by atoms with van der Waals surface area (Å²) in [5.41, 5.74) is -0.830. The van der Waals surface area contributed by atoms with Crippen LogP contribution < -0.4 is 0 Å². The topological polar surface area (TPSA) is 35.5 Å². The molecule has 0 atom stereocenters. The van der Waals surface area contributed by atoms with E-state index >= 15 is 0 Å². The van der Waals surface area contributed by atoms with E-state index in [1.807, 2.05) is 20.8 Å². The minimum Gasteiger partial charge on any atom is -0.464 e. The van der Waals surface area contributed by atoms with Gasteiger partial charge in [-0.1, -0.05) is 6.92 Å². The van der Waals surface area contributed by atoms with E-state index in [9.17, 15) is 4.79 Å². The Bertz CT molecular complexity index is 162. The lowest BCUT2D eigenvalue weighted by molar-refractivity contribution is -0.172. The maximum absolute atomic E-state index is 11.4. The van der Waals surface area contributed by atoms with Crippen LogP contribution in [-0.2, 0) is 14.3 Å². The number of hydrogen-bond acceptors (Lipinski definition) is 3. The highest BCUT2D eigenvalue weighted by molar-refractivity contribution is 5.78. The Labute approximate surface area is 80.4 Å². The van der Waals surface area contributed by atoms with Gasteiger partial charge in [-0.2, -0.15) is 0 Å². The van der Waals surface area contributed by atoms with Crippen LogP contribution in [0.5, 0.6) is 0 Å². The number of carbonyl (C=O) groups is 1. The van der Waals surface area contributed by atoms with Crippen molar-refractivity contribution in [3.63, 3.8) is 0 Å². The minimum atomic E-state index is -0.830. The quantitative estimate of drug-likeness (QED) is 0.620. The molecule has 78 valence electrons. The van der Waals surface area contributed by atoms with Crippen molar-refractivity contribution in [3.8, 4) is 0 Å². The summed E-state index contributed by atoms with van der Waals surface area (Å²) in [5.74, 6) is -0.289. The van der Waals surface area contributed by atoms with Crippen molar-refractivity contribution in [2.24, 2.45) is 0 Å². The number of rotatable bonds is 5. The average Bonchev–Trinajstić information content (AvgIpc) is 1.97. The minimum absolute atomic E-state index is 0.0316. The molecule has 0 saturated carbocycles. The Hall–Kier alpha value is -0.570. The van der Waals surface area contributed by atoms with Crippen molar-refractivity contribution in [1.29, 1.82) is 0 Å². The maximum Gasteiger partial charge on any atom is 0.337 e. The van der Waals surface area contributed by atoms with Crippen molar-refractivity contribution in [2.45, 2.75) is 52.7 Å². The summed E-state index contributed by atoms with van der Waals surface area (Å²) < 4.78 is 10.4. The van der Waals surface area contributed by atoms with Gasteiger partial charge >= 0.3 is 5.97 Å². The van der Waals surface area contributed by atoms with Crippen molar-refractivity contribution >= 4 is 5.97 Å². The largest absolute Gasteiger partial charge is 0.464 e. The molecule has 0 fully saturated rings. The molecule has 0 spiro atoms. The molecule has 0 rings (SSSR count). The van der Waals surface area contributed by atoms with E-state index in [4.69, 9.17) is 9.47 Å². The Morgan fingerprint density at radius 3 is 2.31 bits per heavy atom. The first-order valence-electron chi connectivity index (χ1n) is 4.75. The number of esters is 1. The number of ether oxygens (including phenoxy) is 2. The van der Waals surface area contributed by atoms with Crippen LogP contribution in [0.1, 0.15) is 41.0 Å². The predicted octanol–water partition coefficient (Wildman–Crippen LogP) is 2.14. The van der Waals surface area contributed by atoms with Crippen LogP contribution in [0.15, 0.2) is 0 Å². The molecule has 0 N–H and O–H groups in total. The molecule has 0 aliphatic rings. The van der Waals surface area contributed by atoms with Crippen molar-refractivity contribution in [2.75, 3.05) is 6.61 Å². The third kappa shape index (κ3) is 4.88. The van der Waals surface area contributed by atoms with E-state index in [1.54, 1.807) is 13.8 Å². The fourth-order valence-electron chi connectivity index (χ4n) is 1.01. The van der Waals surface area contributed by atoms with Gasteiger partial charge in [0.2, 0.25) is 0 Å². The average molecular weight is 188 g/mol. The van der Waals surface area contributed by atoms with Gasteiger partial charge in [0, 0.05) is 0 Å². The van der Waals surface area contributed by atoms with Gasteiger partial charge < -0.3 is 9.47 Å². The van der Waals surface area contributed by atoms with Gasteiger partial charge in [-0.15, -0.1) is 0 Å². The highest BCUT2D eigenvalue weighted by Gasteiger charge is 2.31. The Kier molecular flexibility index (Phi) is 4.99. The first-order chi connectivity index (χ1) is 5.90. The summed E-state index contributed by atoms with van der Waals surface area (Å²) in [4.78, 5) is 11.4. The second-order valence-corrected chi connectivity index (χ2v) is 3.81. The lowest BCUT2D eigenvalue weighted by Crippen LogP contribution is -2.38. The van der Waals surface area contributed by atoms with Gasteiger partial charge in [0.15, 0.2) is 5.60 Å². The van der Waals surface area contributed by atoms with E-state index in [-0.39, 0.29) is 12.1 Å². The predicted molar refractivity (Wildman–Crippen MR) is 51.6 cm³/mol. The zero-order valence-electron chi connectivity index (χ0n) is 9.22. The second kappa shape index (κ2) is 5.22. The molecule has 0 aromatic carbocycles. The molecule has 3 nitrogen and oxygen atoms in total. The van der Waals surface area contributed by atoms with Crippen LogP contribution >= 0.6 is 0 Å². The Morgan fingerprint density at radius 2 is 1.92 bits per heavy atom.